The first kappa shape index (κ1) is 13.0. The first-order chi connectivity index (χ1) is 7.60. The fraction of sp³-hybridized carbons (Fsp3) is 0.833. The van der Waals surface area contributed by atoms with Crippen LogP contribution < -0.4 is 0 Å². The van der Waals surface area contributed by atoms with E-state index in [1.165, 1.54) is 0 Å². The minimum absolute atomic E-state index is 0.105. The highest BCUT2D eigenvalue weighted by atomic mass is 16.2. The molecule has 2 amide bonds. The molecular formula is C12H22N2O2. The molecule has 0 bridgehead atoms. The van der Waals surface area contributed by atoms with Crippen LogP contribution in [0.5, 0.6) is 0 Å². The van der Waals surface area contributed by atoms with E-state index < -0.39 is 0 Å². The van der Waals surface area contributed by atoms with Gasteiger partial charge in [0, 0.05) is 38.5 Å². The number of hydrogen-bond acceptors (Lipinski definition) is 2. The lowest BCUT2D eigenvalue weighted by Crippen LogP contribution is -2.51. The van der Waals surface area contributed by atoms with Gasteiger partial charge in [0.1, 0.15) is 0 Å². The second kappa shape index (κ2) is 5.87. The van der Waals surface area contributed by atoms with Gasteiger partial charge >= 0.3 is 0 Å². The number of piperazine rings is 1. The SMILES string of the molecule is CCC(=O)N1CCN(C(=O)C(C)CC)CC1. The molecule has 0 aliphatic carbocycles. The van der Waals surface area contributed by atoms with Crippen LogP contribution in [0, 0.1) is 5.92 Å². The quantitative estimate of drug-likeness (QED) is 0.723. The van der Waals surface area contributed by atoms with Gasteiger partial charge in [-0.3, -0.25) is 9.59 Å². The normalized spacial score (nSPS) is 18.4. The van der Waals surface area contributed by atoms with Crippen molar-refractivity contribution < 1.29 is 9.59 Å². The number of nitrogens with zero attached hydrogens (tertiary/aromatic N) is 2. The van der Waals surface area contributed by atoms with Crippen molar-refractivity contribution in [1.82, 2.24) is 9.80 Å². The second-order valence-electron chi connectivity index (χ2n) is 4.37. The van der Waals surface area contributed by atoms with E-state index in [1.807, 2.05) is 30.6 Å². The summed E-state index contributed by atoms with van der Waals surface area (Å²) in [6.07, 6.45) is 1.44. The van der Waals surface area contributed by atoms with Gasteiger partial charge in [-0.05, 0) is 6.42 Å². The average Bonchev–Trinajstić information content (AvgIpc) is 2.36. The van der Waals surface area contributed by atoms with Gasteiger partial charge in [-0.2, -0.15) is 0 Å². The van der Waals surface area contributed by atoms with Crippen molar-refractivity contribution in [2.75, 3.05) is 26.2 Å². The molecule has 0 radical (unpaired) electrons. The molecule has 4 heteroatoms. The van der Waals surface area contributed by atoms with E-state index in [4.69, 9.17) is 0 Å². The smallest absolute Gasteiger partial charge is 0.225 e. The van der Waals surface area contributed by atoms with Crippen LogP contribution >= 0.6 is 0 Å². The molecule has 1 rings (SSSR count). The van der Waals surface area contributed by atoms with Crippen molar-refractivity contribution >= 4 is 11.8 Å². The Balaban J connectivity index is 2.43. The summed E-state index contributed by atoms with van der Waals surface area (Å²) in [4.78, 5) is 27.1. The molecular weight excluding hydrogens is 204 g/mol. The Hall–Kier alpha value is -1.06. The third kappa shape index (κ3) is 2.97. The first-order valence-electron chi connectivity index (χ1n) is 6.16. The Morgan fingerprint density at radius 3 is 2.00 bits per heavy atom. The van der Waals surface area contributed by atoms with Gasteiger partial charge in [0.25, 0.3) is 0 Å². The molecule has 1 atom stereocenters. The fourth-order valence-corrected chi connectivity index (χ4v) is 1.89. The van der Waals surface area contributed by atoms with Crippen molar-refractivity contribution in [2.45, 2.75) is 33.6 Å². The molecule has 0 aromatic rings. The Morgan fingerprint density at radius 1 is 1.06 bits per heavy atom. The molecule has 0 aromatic heterocycles. The van der Waals surface area contributed by atoms with Crippen molar-refractivity contribution in [1.29, 1.82) is 0 Å². The maximum atomic E-state index is 11.9. The van der Waals surface area contributed by atoms with Gasteiger partial charge in [-0.25, -0.2) is 0 Å². The summed E-state index contributed by atoms with van der Waals surface area (Å²) in [5.74, 6) is 0.523. The Morgan fingerprint density at radius 2 is 1.56 bits per heavy atom. The Labute approximate surface area is 97.6 Å². The molecule has 0 saturated carbocycles. The predicted octanol–water partition coefficient (Wildman–Crippen LogP) is 1.11. The fourth-order valence-electron chi connectivity index (χ4n) is 1.89. The third-order valence-corrected chi connectivity index (χ3v) is 3.28. The lowest BCUT2D eigenvalue weighted by atomic mass is 10.1. The highest BCUT2D eigenvalue weighted by Crippen LogP contribution is 2.10. The number of carbonyl (C=O) groups is 2. The van der Waals surface area contributed by atoms with E-state index in [-0.39, 0.29) is 17.7 Å². The summed E-state index contributed by atoms with van der Waals surface area (Å²) in [6, 6.07) is 0. The number of carbonyl (C=O) groups excluding carboxylic acids is 2. The number of hydrogen-bond donors (Lipinski definition) is 0. The van der Waals surface area contributed by atoms with E-state index in [2.05, 4.69) is 0 Å². The van der Waals surface area contributed by atoms with Gasteiger partial charge in [0.15, 0.2) is 0 Å². The van der Waals surface area contributed by atoms with Crippen molar-refractivity contribution in [3.8, 4) is 0 Å². The summed E-state index contributed by atoms with van der Waals surface area (Å²) in [7, 11) is 0. The zero-order valence-corrected chi connectivity index (χ0v) is 10.5. The first-order valence-corrected chi connectivity index (χ1v) is 6.16. The molecule has 1 saturated heterocycles. The summed E-state index contributed by atoms with van der Waals surface area (Å²) < 4.78 is 0. The van der Waals surface area contributed by atoms with E-state index in [9.17, 15) is 9.59 Å². The minimum Gasteiger partial charge on any atom is -0.339 e. The Bertz CT molecular complexity index is 258. The van der Waals surface area contributed by atoms with Crippen LogP contribution in [0.3, 0.4) is 0 Å². The second-order valence-corrected chi connectivity index (χ2v) is 4.37. The zero-order chi connectivity index (χ0) is 12.1. The van der Waals surface area contributed by atoms with Crippen LogP contribution in [0.4, 0.5) is 0 Å². The van der Waals surface area contributed by atoms with Crippen LogP contribution in [-0.4, -0.2) is 47.8 Å². The molecule has 4 nitrogen and oxygen atoms in total. The van der Waals surface area contributed by atoms with Crippen LogP contribution in [-0.2, 0) is 9.59 Å². The van der Waals surface area contributed by atoms with Gasteiger partial charge in [0.05, 0.1) is 0 Å². The molecule has 0 aromatic carbocycles. The van der Waals surface area contributed by atoms with Crippen molar-refractivity contribution in [3.63, 3.8) is 0 Å². The van der Waals surface area contributed by atoms with Crippen molar-refractivity contribution in [3.05, 3.63) is 0 Å². The monoisotopic (exact) mass is 226 g/mol. The highest BCUT2D eigenvalue weighted by molar-refractivity contribution is 5.79. The summed E-state index contributed by atoms with van der Waals surface area (Å²) in [5, 5.41) is 0. The molecule has 16 heavy (non-hydrogen) atoms. The molecule has 1 heterocycles. The lowest BCUT2D eigenvalue weighted by Gasteiger charge is -2.35. The van der Waals surface area contributed by atoms with Gasteiger partial charge < -0.3 is 9.80 Å². The van der Waals surface area contributed by atoms with Gasteiger partial charge in [0.2, 0.25) is 11.8 Å². The van der Waals surface area contributed by atoms with Gasteiger partial charge in [-0.1, -0.05) is 20.8 Å². The zero-order valence-electron chi connectivity index (χ0n) is 10.5. The van der Waals surface area contributed by atoms with E-state index in [0.29, 0.717) is 32.6 Å². The number of amides is 2. The molecule has 1 fully saturated rings. The molecule has 92 valence electrons. The van der Waals surface area contributed by atoms with Crippen LogP contribution in [0.25, 0.3) is 0 Å². The topological polar surface area (TPSA) is 40.6 Å². The summed E-state index contributed by atoms with van der Waals surface area (Å²) >= 11 is 0. The standard InChI is InChI=1S/C12H22N2O2/c1-4-10(3)12(16)14-8-6-13(7-9-14)11(15)5-2/h10H,4-9H2,1-3H3. The summed E-state index contributed by atoms with van der Waals surface area (Å²) in [5.41, 5.74) is 0. The third-order valence-electron chi connectivity index (χ3n) is 3.28. The van der Waals surface area contributed by atoms with Crippen molar-refractivity contribution in [2.24, 2.45) is 5.92 Å². The van der Waals surface area contributed by atoms with Gasteiger partial charge in [-0.15, -0.1) is 0 Å². The predicted molar refractivity (Wildman–Crippen MR) is 62.9 cm³/mol. The lowest BCUT2D eigenvalue weighted by molar-refractivity contribution is -0.141. The Kier molecular flexibility index (Phi) is 4.77. The largest absolute Gasteiger partial charge is 0.339 e. The maximum Gasteiger partial charge on any atom is 0.225 e. The van der Waals surface area contributed by atoms with E-state index in [1.54, 1.807) is 0 Å². The molecule has 1 unspecified atom stereocenters. The highest BCUT2D eigenvalue weighted by Gasteiger charge is 2.25. The van der Waals surface area contributed by atoms with Crippen LogP contribution in [0.2, 0.25) is 0 Å². The molecule has 0 spiro atoms. The van der Waals surface area contributed by atoms with E-state index >= 15 is 0 Å². The van der Waals surface area contributed by atoms with Crippen LogP contribution in [0.15, 0.2) is 0 Å². The van der Waals surface area contributed by atoms with Crippen LogP contribution in [0.1, 0.15) is 33.6 Å². The van der Waals surface area contributed by atoms with E-state index in [0.717, 1.165) is 6.42 Å². The molecule has 1 aliphatic heterocycles. The molecule has 1 aliphatic rings. The summed E-state index contributed by atoms with van der Waals surface area (Å²) in [6.45, 7) is 8.62. The minimum atomic E-state index is 0.105. The maximum absolute atomic E-state index is 11.9. The average molecular weight is 226 g/mol. The molecule has 0 N–H and O–H groups in total. The number of rotatable bonds is 3.